The number of esters is 1. The molecule has 0 bridgehead atoms. The average Bonchev–Trinajstić information content (AvgIpc) is 2.26. The molecule has 0 heterocycles. The van der Waals surface area contributed by atoms with Gasteiger partial charge in [0.2, 0.25) is 0 Å². The number of methoxy groups -OCH3 is 1. The first-order valence-corrected chi connectivity index (χ1v) is 5.66. The quantitative estimate of drug-likeness (QED) is 0.712. The number of hydrogen-bond acceptors (Lipinski definition) is 5. The summed E-state index contributed by atoms with van der Waals surface area (Å²) in [5.41, 5.74) is -0.558. The third kappa shape index (κ3) is 2.92. The van der Waals surface area contributed by atoms with Gasteiger partial charge in [-0.25, -0.2) is 0 Å². The van der Waals surface area contributed by atoms with Gasteiger partial charge in [-0.1, -0.05) is 6.07 Å². The maximum Gasteiger partial charge on any atom is 0.325 e. The van der Waals surface area contributed by atoms with E-state index in [1.807, 2.05) is 0 Å². The van der Waals surface area contributed by atoms with Gasteiger partial charge in [-0.15, -0.1) is 0 Å². The highest BCUT2D eigenvalue weighted by Crippen LogP contribution is 2.33. The zero-order chi connectivity index (χ0) is 13.9. The second kappa shape index (κ2) is 5.27. The Hall–Kier alpha value is -1.75. The zero-order valence-corrected chi connectivity index (χ0v) is 11.0. The number of rotatable bonds is 4. The van der Waals surface area contributed by atoms with Crippen molar-refractivity contribution >= 4 is 5.97 Å². The van der Waals surface area contributed by atoms with E-state index in [0.29, 0.717) is 5.56 Å². The predicted molar refractivity (Wildman–Crippen MR) is 67.4 cm³/mol. The molecule has 18 heavy (non-hydrogen) atoms. The summed E-state index contributed by atoms with van der Waals surface area (Å²) in [6.07, 6.45) is 0. The van der Waals surface area contributed by atoms with Crippen molar-refractivity contribution < 1.29 is 19.7 Å². The van der Waals surface area contributed by atoms with E-state index >= 15 is 0 Å². The topological polar surface area (TPSA) is 78.8 Å². The van der Waals surface area contributed by atoms with Gasteiger partial charge in [-0.05, 0) is 32.9 Å². The molecule has 5 nitrogen and oxygen atoms in total. The normalized spacial score (nSPS) is 13.1. The Morgan fingerprint density at radius 3 is 2.28 bits per heavy atom. The number of carbonyl (C=O) groups excluding carboxylic acids is 1. The SMILES string of the molecule is COC(=O)C(C)(C)NC(C)c1c(O)cccc1O. The molecule has 0 spiro atoms. The summed E-state index contributed by atoms with van der Waals surface area (Å²) in [5, 5.41) is 22.5. The lowest BCUT2D eigenvalue weighted by Crippen LogP contribution is -2.48. The smallest absolute Gasteiger partial charge is 0.325 e. The van der Waals surface area contributed by atoms with E-state index in [2.05, 4.69) is 10.1 Å². The van der Waals surface area contributed by atoms with Crippen LogP contribution >= 0.6 is 0 Å². The Morgan fingerprint density at radius 1 is 1.33 bits per heavy atom. The molecule has 0 saturated carbocycles. The van der Waals surface area contributed by atoms with Gasteiger partial charge in [0.25, 0.3) is 0 Å². The van der Waals surface area contributed by atoms with Gasteiger partial charge in [0.15, 0.2) is 0 Å². The molecule has 1 atom stereocenters. The standard InChI is InChI=1S/C13H19NO4/c1-8(14-13(2,3)12(17)18-4)11-9(15)6-5-7-10(11)16/h5-8,14-16H,1-4H3. The van der Waals surface area contributed by atoms with Gasteiger partial charge in [-0.2, -0.15) is 0 Å². The molecule has 0 aromatic heterocycles. The van der Waals surface area contributed by atoms with Crippen molar-refractivity contribution in [3.05, 3.63) is 23.8 Å². The molecule has 0 saturated heterocycles. The van der Waals surface area contributed by atoms with Crippen LogP contribution in [-0.4, -0.2) is 28.8 Å². The monoisotopic (exact) mass is 253 g/mol. The van der Waals surface area contributed by atoms with Gasteiger partial charge in [0.05, 0.1) is 12.7 Å². The van der Waals surface area contributed by atoms with Crippen molar-refractivity contribution in [3.8, 4) is 11.5 Å². The van der Waals surface area contributed by atoms with E-state index in [1.54, 1.807) is 26.8 Å². The van der Waals surface area contributed by atoms with Gasteiger partial charge in [0, 0.05) is 6.04 Å². The van der Waals surface area contributed by atoms with Crippen LogP contribution in [0.3, 0.4) is 0 Å². The lowest BCUT2D eigenvalue weighted by molar-refractivity contribution is -0.147. The molecule has 1 aromatic carbocycles. The fourth-order valence-corrected chi connectivity index (χ4v) is 1.91. The van der Waals surface area contributed by atoms with Crippen molar-refractivity contribution in [2.24, 2.45) is 0 Å². The van der Waals surface area contributed by atoms with Gasteiger partial charge >= 0.3 is 5.97 Å². The van der Waals surface area contributed by atoms with Crippen LogP contribution in [0.4, 0.5) is 0 Å². The van der Waals surface area contributed by atoms with Gasteiger partial charge in [-0.3, -0.25) is 10.1 Å². The maximum atomic E-state index is 11.6. The summed E-state index contributed by atoms with van der Waals surface area (Å²) < 4.78 is 4.69. The van der Waals surface area contributed by atoms with Crippen molar-refractivity contribution in [3.63, 3.8) is 0 Å². The van der Waals surface area contributed by atoms with E-state index in [0.717, 1.165) is 0 Å². The summed E-state index contributed by atoms with van der Waals surface area (Å²) in [5.74, 6) is -0.449. The molecule has 5 heteroatoms. The lowest BCUT2D eigenvalue weighted by Gasteiger charge is -2.28. The van der Waals surface area contributed by atoms with E-state index < -0.39 is 17.6 Å². The fraction of sp³-hybridized carbons (Fsp3) is 0.462. The van der Waals surface area contributed by atoms with Crippen LogP contribution in [-0.2, 0) is 9.53 Å². The molecule has 1 unspecified atom stereocenters. The van der Waals surface area contributed by atoms with Gasteiger partial charge in [0.1, 0.15) is 17.0 Å². The molecule has 1 rings (SSSR count). The first-order valence-electron chi connectivity index (χ1n) is 5.66. The number of phenolic OH excluding ortho intramolecular Hbond substituents is 2. The van der Waals surface area contributed by atoms with Gasteiger partial charge < -0.3 is 14.9 Å². The second-order valence-electron chi connectivity index (χ2n) is 4.69. The van der Waals surface area contributed by atoms with Crippen LogP contribution in [0.1, 0.15) is 32.4 Å². The van der Waals surface area contributed by atoms with Crippen molar-refractivity contribution in [1.82, 2.24) is 5.32 Å². The fourth-order valence-electron chi connectivity index (χ4n) is 1.91. The summed E-state index contributed by atoms with van der Waals surface area (Å²) in [7, 11) is 1.31. The van der Waals surface area contributed by atoms with Crippen LogP contribution in [0, 0.1) is 0 Å². The molecule has 0 radical (unpaired) electrons. The van der Waals surface area contributed by atoms with E-state index in [1.165, 1.54) is 19.2 Å². The van der Waals surface area contributed by atoms with E-state index in [9.17, 15) is 15.0 Å². The number of hydrogen-bond donors (Lipinski definition) is 3. The highest BCUT2D eigenvalue weighted by molar-refractivity contribution is 5.79. The molecular weight excluding hydrogens is 234 g/mol. The molecular formula is C13H19NO4. The van der Waals surface area contributed by atoms with Crippen LogP contribution < -0.4 is 5.32 Å². The maximum absolute atomic E-state index is 11.6. The minimum absolute atomic E-state index is 0.0179. The Bertz CT molecular complexity index is 422. The highest BCUT2D eigenvalue weighted by atomic mass is 16.5. The number of carbonyl (C=O) groups is 1. The molecule has 1 aromatic rings. The summed E-state index contributed by atoms with van der Waals surface area (Å²) in [6.45, 7) is 5.10. The molecule has 0 fully saturated rings. The molecule has 0 aliphatic heterocycles. The summed E-state index contributed by atoms with van der Waals surface area (Å²) in [4.78, 5) is 11.6. The van der Waals surface area contributed by atoms with Crippen LogP contribution in [0.15, 0.2) is 18.2 Å². The first kappa shape index (κ1) is 14.3. The van der Waals surface area contributed by atoms with Crippen molar-refractivity contribution in [2.75, 3.05) is 7.11 Å². The van der Waals surface area contributed by atoms with Crippen LogP contribution in [0.2, 0.25) is 0 Å². The number of aromatic hydroxyl groups is 2. The molecule has 0 aliphatic rings. The Kier molecular flexibility index (Phi) is 4.19. The number of nitrogens with one attached hydrogen (secondary N) is 1. The Labute approximate surface area is 106 Å². The first-order chi connectivity index (χ1) is 8.29. The summed E-state index contributed by atoms with van der Waals surface area (Å²) in [6, 6.07) is 4.11. The molecule has 0 amide bonds. The lowest BCUT2D eigenvalue weighted by atomic mass is 10.00. The molecule has 0 aliphatic carbocycles. The largest absolute Gasteiger partial charge is 0.507 e. The molecule has 3 N–H and O–H groups in total. The zero-order valence-electron chi connectivity index (χ0n) is 11.0. The van der Waals surface area contributed by atoms with E-state index in [-0.39, 0.29) is 11.5 Å². The number of ether oxygens (including phenoxy) is 1. The molecule has 100 valence electrons. The minimum Gasteiger partial charge on any atom is -0.507 e. The Balaban J connectivity index is 2.96. The number of phenols is 2. The third-order valence-electron chi connectivity index (χ3n) is 2.77. The third-order valence-corrected chi connectivity index (χ3v) is 2.77. The van der Waals surface area contributed by atoms with Crippen molar-refractivity contribution in [2.45, 2.75) is 32.4 Å². The predicted octanol–water partition coefficient (Wildman–Crippen LogP) is 1.70. The minimum atomic E-state index is -0.914. The number of benzene rings is 1. The van der Waals surface area contributed by atoms with Crippen LogP contribution in [0.5, 0.6) is 11.5 Å². The average molecular weight is 253 g/mol. The van der Waals surface area contributed by atoms with Crippen LogP contribution in [0.25, 0.3) is 0 Å². The van der Waals surface area contributed by atoms with Crippen molar-refractivity contribution in [1.29, 1.82) is 0 Å². The second-order valence-corrected chi connectivity index (χ2v) is 4.69. The summed E-state index contributed by atoms with van der Waals surface area (Å²) >= 11 is 0. The highest BCUT2D eigenvalue weighted by Gasteiger charge is 2.31. The van der Waals surface area contributed by atoms with E-state index in [4.69, 9.17) is 0 Å². The Morgan fingerprint density at radius 2 is 1.83 bits per heavy atom.